The van der Waals surface area contributed by atoms with Gasteiger partial charge in [0, 0.05) is 11.8 Å². The Morgan fingerprint density at radius 3 is 2.87 bits per heavy atom. The Labute approximate surface area is 91.8 Å². The molecule has 0 amide bonds. The second-order valence-electron chi connectivity index (χ2n) is 2.96. The summed E-state index contributed by atoms with van der Waals surface area (Å²) in [7, 11) is 0. The minimum Gasteiger partial charge on any atom is -0.478 e. The number of rotatable bonds is 4. The van der Waals surface area contributed by atoms with E-state index in [4.69, 9.17) is 5.11 Å². The van der Waals surface area contributed by atoms with Crippen molar-refractivity contribution in [1.82, 2.24) is 0 Å². The van der Waals surface area contributed by atoms with Gasteiger partial charge in [0.2, 0.25) is 0 Å². The SMILES string of the molecule is CSCc1ccc(C=CC(=O)O)cc1F. The summed E-state index contributed by atoms with van der Waals surface area (Å²) in [6.07, 6.45) is 4.26. The van der Waals surface area contributed by atoms with Gasteiger partial charge < -0.3 is 5.11 Å². The van der Waals surface area contributed by atoms with E-state index in [1.54, 1.807) is 23.9 Å². The lowest BCUT2D eigenvalue weighted by Gasteiger charge is -2.01. The molecule has 1 aromatic rings. The van der Waals surface area contributed by atoms with Gasteiger partial charge in [-0.3, -0.25) is 0 Å². The summed E-state index contributed by atoms with van der Waals surface area (Å²) in [5.41, 5.74) is 1.19. The molecule has 0 atom stereocenters. The van der Waals surface area contributed by atoms with Gasteiger partial charge in [-0.2, -0.15) is 11.8 Å². The zero-order valence-corrected chi connectivity index (χ0v) is 9.05. The molecule has 0 aliphatic heterocycles. The molecule has 0 unspecified atom stereocenters. The Morgan fingerprint density at radius 1 is 1.60 bits per heavy atom. The van der Waals surface area contributed by atoms with Crippen LogP contribution in [0.25, 0.3) is 6.08 Å². The first-order chi connectivity index (χ1) is 7.13. The highest BCUT2D eigenvalue weighted by Gasteiger charge is 2.01. The molecule has 0 saturated heterocycles. The molecule has 0 bridgehead atoms. The predicted molar refractivity (Wildman–Crippen MR) is 60.3 cm³/mol. The topological polar surface area (TPSA) is 37.3 Å². The maximum Gasteiger partial charge on any atom is 0.328 e. The monoisotopic (exact) mass is 226 g/mol. The van der Waals surface area contributed by atoms with Crippen molar-refractivity contribution in [1.29, 1.82) is 0 Å². The van der Waals surface area contributed by atoms with Gasteiger partial charge in [0.1, 0.15) is 5.82 Å². The molecule has 0 aliphatic rings. The van der Waals surface area contributed by atoms with Crippen LogP contribution in [0.5, 0.6) is 0 Å². The average molecular weight is 226 g/mol. The molecule has 1 N–H and O–H groups in total. The zero-order chi connectivity index (χ0) is 11.3. The van der Waals surface area contributed by atoms with Gasteiger partial charge >= 0.3 is 5.97 Å². The Hall–Kier alpha value is -1.29. The van der Waals surface area contributed by atoms with Crippen LogP contribution in [0, 0.1) is 5.82 Å². The van der Waals surface area contributed by atoms with Crippen LogP contribution in [0.3, 0.4) is 0 Å². The number of hydrogen-bond donors (Lipinski definition) is 1. The molecule has 1 aromatic carbocycles. The van der Waals surface area contributed by atoms with Gasteiger partial charge in [0.15, 0.2) is 0 Å². The van der Waals surface area contributed by atoms with Crippen LogP contribution in [0.15, 0.2) is 24.3 Å². The van der Waals surface area contributed by atoms with Crippen molar-refractivity contribution in [3.05, 3.63) is 41.2 Å². The third-order valence-corrected chi connectivity index (χ3v) is 2.40. The molecule has 80 valence electrons. The lowest BCUT2D eigenvalue weighted by molar-refractivity contribution is -0.131. The van der Waals surface area contributed by atoms with Crippen LogP contribution >= 0.6 is 11.8 Å². The summed E-state index contributed by atoms with van der Waals surface area (Å²) in [5, 5.41) is 8.40. The first-order valence-corrected chi connectivity index (χ1v) is 5.71. The number of thioether (sulfide) groups is 1. The van der Waals surface area contributed by atoms with E-state index < -0.39 is 5.97 Å². The fourth-order valence-electron chi connectivity index (χ4n) is 1.11. The number of benzene rings is 1. The van der Waals surface area contributed by atoms with Crippen LogP contribution in [-0.4, -0.2) is 17.3 Å². The van der Waals surface area contributed by atoms with Crippen molar-refractivity contribution in [2.24, 2.45) is 0 Å². The Balaban J connectivity index is 2.86. The van der Waals surface area contributed by atoms with Crippen molar-refractivity contribution in [2.45, 2.75) is 5.75 Å². The van der Waals surface area contributed by atoms with E-state index in [0.29, 0.717) is 16.9 Å². The molecule has 0 heterocycles. The van der Waals surface area contributed by atoms with Crippen LogP contribution in [0.2, 0.25) is 0 Å². The molecule has 2 nitrogen and oxygen atoms in total. The van der Waals surface area contributed by atoms with Gasteiger partial charge in [-0.05, 0) is 29.5 Å². The van der Waals surface area contributed by atoms with Crippen molar-refractivity contribution in [3.8, 4) is 0 Å². The summed E-state index contributed by atoms with van der Waals surface area (Å²) >= 11 is 1.54. The molecule has 0 spiro atoms. The molecule has 0 fully saturated rings. The number of hydrogen-bond acceptors (Lipinski definition) is 2. The third kappa shape index (κ3) is 3.75. The number of carbonyl (C=O) groups is 1. The average Bonchev–Trinajstić information content (AvgIpc) is 2.19. The van der Waals surface area contributed by atoms with E-state index in [-0.39, 0.29) is 5.82 Å². The van der Waals surface area contributed by atoms with Crippen molar-refractivity contribution >= 4 is 23.8 Å². The van der Waals surface area contributed by atoms with E-state index >= 15 is 0 Å². The molecular weight excluding hydrogens is 215 g/mol. The fourth-order valence-corrected chi connectivity index (χ4v) is 1.65. The summed E-state index contributed by atoms with van der Waals surface area (Å²) < 4.78 is 13.4. The Bertz CT molecular complexity index is 388. The summed E-state index contributed by atoms with van der Waals surface area (Å²) in [6, 6.07) is 4.71. The Kier molecular flexibility index (Phi) is 4.37. The lowest BCUT2D eigenvalue weighted by Crippen LogP contribution is -1.89. The summed E-state index contributed by atoms with van der Waals surface area (Å²) in [4.78, 5) is 10.2. The minimum atomic E-state index is -1.04. The second kappa shape index (κ2) is 5.56. The highest BCUT2D eigenvalue weighted by atomic mass is 32.2. The lowest BCUT2D eigenvalue weighted by atomic mass is 10.1. The van der Waals surface area contributed by atoms with Crippen molar-refractivity contribution in [3.63, 3.8) is 0 Å². The maximum atomic E-state index is 13.4. The summed E-state index contributed by atoms with van der Waals surface area (Å²) in [6.45, 7) is 0. The van der Waals surface area contributed by atoms with Gasteiger partial charge in [0.25, 0.3) is 0 Å². The zero-order valence-electron chi connectivity index (χ0n) is 8.24. The van der Waals surface area contributed by atoms with Gasteiger partial charge in [0.05, 0.1) is 0 Å². The molecule has 0 saturated carbocycles. The van der Waals surface area contributed by atoms with Crippen molar-refractivity contribution in [2.75, 3.05) is 6.26 Å². The minimum absolute atomic E-state index is 0.295. The van der Waals surface area contributed by atoms with E-state index in [1.807, 2.05) is 6.26 Å². The number of carboxylic acid groups (broad SMARTS) is 1. The molecule has 0 aromatic heterocycles. The number of carboxylic acids is 1. The van der Waals surface area contributed by atoms with Gasteiger partial charge in [-0.1, -0.05) is 12.1 Å². The van der Waals surface area contributed by atoms with E-state index in [2.05, 4.69) is 0 Å². The fraction of sp³-hybridized carbons (Fsp3) is 0.182. The largest absolute Gasteiger partial charge is 0.478 e. The number of halogens is 1. The van der Waals surface area contributed by atoms with Crippen molar-refractivity contribution < 1.29 is 14.3 Å². The highest BCUT2D eigenvalue weighted by Crippen LogP contribution is 2.16. The molecule has 4 heteroatoms. The third-order valence-electron chi connectivity index (χ3n) is 1.80. The first-order valence-electron chi connectivity index (χ1n) is 4.32. The second-order valence-corrected chi connectivity index (χ2v) is 3.82. The molecule has 0 radical (unpaired) electrons. The normalized spacial score (nSPS) is 10.8. The van der Waals surface area contributed by atoms with Crippen LogP contribution in [0.4, 0.5) is 4.39 Å². The molecule has 0 aliphatic carbocycles. The standard InChI is InChI=1S/C11H11FO2S/c1-15-7-9-4-2-8(6-10(9)12)3-5-11(13)14/h2-6H,7H2,1H3,(H,13,14). The molecule has 15 heavy (non-hydrogen) atoms. The first kappa shape index (κ1) is 11.8. The Morgan fingerprint density at radius 2 is 2.33 bits per heavy atom. The van der Waals surface area contributed by atoms with Crippen LogP contribution < -0.4 is 0 Å². The highest BCUT2D eigenvalue weighted by molar-refractivity contribution is 7.97. The van der Waals surface area contributed by atoms with E-state index in [0.717, 1.165) is 6.08 Å². The van der Waals surface area contributed by atoms with Crippen LogP contribution in [-0.2, 0) is 10.5 Å². The smallest absolute Gasteiger partial charge is 0.328 e. The molecule has 1 rings (SSSR count). The van der Waals surface area contributed by atoms with Crippen LogP contribution in [0.1, 0.15) is 11.1 Å². The predicted octanol–water partition coefficient (Wildman–Crippen LogP) is 2.79. The van der Waals surface area contributed by atoms with Gasteiger partial charge in [-0.25, -0.2) is 9.18 Å². The van der Waals surface area contributed by atoms with Gasteiger partial charge in [-0.15, -0.1) is 0 Å². The molecular formula is C11H11FO2S. The quantitative estimate of drug-likeness (QED) is 0.802. The van der Waals surface area contributed by atoms with E-state index in [1.165, 1.54) is 12.1 Å². The maximum absolute atomic E-state index is 13.4. The van der Waals surface area contributed by atoms with E-state index in [9.17, 15) is 9.18 Å². The number of aliphatic carboxylic acids is 1. The summed E-state index contributed by atoms with van der Waals surface area (Å²) in [5.74, 6) is -0.713.